The molecule has 3 nitrogen and oxygen atoms in total. The van der Waals surface area contributed by atoms with Gasteiger partial charge in [0.25, 0.3) is 0 Å². The van der Waals surface area contributed by atoms with Gasteiger partial charge < -0.3 is 14.8 Å². The molecule has 0 aromatic heterocycles. The number of ether oxygens (including phenoxy) is 2. The summed E-state index contributed by atoms with van der Waals surface area (Å²) in [6.45, 7) is 2.66. The van der Waals surface area contributed by atoms with Gasteiger partial charge in [-0.2, -0.15) is 0 Å². The molecule has 2 heterocycles. The van der Waals surface area contributed by atoms with Crippen molar-refractivity contribution in [3.05, 3.63) is 29.3 Å². The summed E-state index contributed by atoms with van der Waals surface area (Å²) in [5, 5.41) is 3.47. The number of aryl methyl sites for hydroxylation is 1. The normalized spacial score (nSPS) is 24.4. The van der Waals surface area contributed by atoms with Crippen molar-refractivity contribution >= 4 is 0 Å². The molecule has 19 heavy (non-hydrogen) atoms. The Bertz CT molecular complexity index is 427. The van der Waals surface area contributed by atoms with E-state index in [1.165, 1.54) is 24.0 Å². The lowest BCUT2D eigenvalue weighted by atomic mass is 9.87. The number of benzene rings is 1. The van der Waals surface area contributed by atoms with E-state index in [1.807, 2.05) is 0 Å². The highest BCUT2D eigenvalue weighted by molar-refractivity contribution is 5.39. The van der Waals surface area contributed by atoms with Crippen molar-refractivity contribution in [2.75, 3.05) is 26.9 Å². The van der Waals surface area contributed by atoms with Gasteiger partial charge in [0.15, 0.2) is 0 Å². The lowest BCUT2D eigenvalue weighted by Gasteiger charge is -2.31. The van der Waals surface area contributed by atoms with Crippen LogP contribution in [0.4, 0.5) is 0 Å². The quantitative estimate of drug-likeness (QED) is 0.907. The zero-order valence-corrected chi connectivity index (χ0v) is 11.7. The van der Waals surface area contributed by atoms with Crippen molar-refractivity contribution in [3.8, 4) is 5.75 Å². The van der Waals surface area contributed by atoms with Crippen LogP contribution in [0.15, 0.2) is 18.2 Å². The molecule has 0 aliphatic carbocycles. The molecule has 3 rings (SSSR count). The van der Waals surface area contributed by atoms with Gasteiger partial charge in [-0.1, -0.05) is 12.1 Å². The number of nitrogens with one attached hydrogen (secondary N) is 1. The van der Waals surface area contributed by atoms with Crippen molar-refractivity contribution in [1.29, 1.82) is 0 Å². The van der Waals surface area contributed by atoms with E-state index in [0.717, 1.165) is 38.4 Å². The smallest absolute Gasteiger partial charge is 0.122 e. The van der Waals surface area contributed by atoms with E-state index in [4.69, 9.17) is 9.47 Å². The molecule has 2 aliphatic rings. The third-order valence-electron chi connectivity index (χ3n) is 4.27. The van der Waals surface area contributed by atoms with Crippen molar-refractivity contribution in [2.45, 2.75) is 31.7 Å². The Morgan fingerprint density at radius 3 is 3.00 bits per heavy atom. The van der Waals surface area contributed by atoms with Crippen LogP contribution in [0.25, 0.3) is 0 Å². The van der Waals surface area contributed by atoms with Crippen molar-refractivity contribution in [2.24, 2.45) is 5.92 Å². The van der Waals surface area contributed by atoms with Crippen LogP contribution in [0.2, 0.25) is 0 Å². The van der Waals surface area contributed by atoms with Crippen LogP contribution in [0, 0.1) is 5.92 Å². The molecule has 1 aromatic carbocycles. The zero-order valence-electron chi connectivity index (χ0n) is 11.7. The Morgan fingerprint density at radius 2 is 2.21 bits per heavy atom. The first kappa shape index (κ1) is 12.9. The summed E-state index contributed by atoms with van der Waals surface area (Å²) in [7, 11) is 2.05. The number of fused-ring (bicyclic) bond motifs is 1. The molecule has 0 bridgehead atoms. The van der Waals surface area contributed by atoms with Crippen molar-refractivity contribution in [3.63, 3.8) is 0 Å². The summed E-state index contributed by atoms with van der Waals surface area (Å²) in [6.07, 6.45) is 4.70. The van der Waals surface area contributed by atoms with Crippen molar-refractivity contribution in [1.82, 2.24) is 5.32 Å². The minimum absolute atomic E-state index is 0.396. The van der Waals surface area contributed by atoms with Gasteiger partial charge in [-0.15, -0.1) is 0 Å². The zero-order chi connectivity index (χ0) is 13.1. The largest absolute Gasteiger partial charge is 0.493 e. The molecule has 2 atom stereocenters. The third kappa shape index (κ3) is 2.77. The molecule has 0 radical (unpaired) electrons. The second kappa shape index (κ2) is 5.93. The fourth-order valence-electron chi connectivity index (χ4n) is 3.28. The second-order valence-electron chi connectivity index (χ2n) is 5.56. The van der Waals surface area contributed by atoms with Gasteiger partial charge >= 0.3 is 0 Å². The molecule has 1 N–H and O–H groups in total. The fourth-order valence-corrected chi connectivity index (χ4v) is 3.28. The van der Waals surface area contributed by atoms with Crippen LogP contribution in [0.5, 0.6) is 5.75 Å². The van der Waals surface area contributed by atoms with E-state index in [9.17, 15) is 0 Å². The maximum atomic E-state index is 5.69. The number of hydrogen-bond acceptors (Lipinski definition) is 3. The van der Waals surface area contributed by atoms with Crippen LogP contribution in [-0.4, -0.2) is 26.9 Å². The lowest BCUT2D eigenvalue weighted by Crippen LogP contribution is -2.31. The highest BCUT2D eigenvalue weighted by atomic mass is 16.5. The lowest BCUT2D eigenvalue weighted by molar-refractivity contribution is 0.0402. The standard InChI is InChI=1S/C16H23NO2/c1-17-16(14-5-2-8-18-11-14)13-6-7-15-12(10-13)4-3-9-19-15/h6-7,10,14,16-17H,2-5,8-9,11H2,1H3. The van der Waals surface area contributed by atoms with Gasteiger partial charge in [-0.25, -0.2) is 0 Å². The van der Waals surface area contributed by atoms with E-state index in [-0.39, 0.29) is 0 Å². The summed E-state index contributed by atoms with van der Waals surface area (Å²) < 4.78 is 11.3. The second-order valence-corrected chi connectivity index (χ2v) is 5.56. The minimum Gasteiger partial charge on any atom is -0.493 e. The van der Waals surface area contributed by atoms with Crippen molar-refractivity contribution < 1.29 is 9.47 Å². The Hall–Kier alpha value is -1.06. The van der Waals surface area contributed by atoms with Crippen LogP contribution in [0.1, 0.15) is 36.4 Å². The monoisotopic (exact) mass is 261 g/mol. The maximum Gasteiger partial charge on any atom is 0.122 e. The predicted octanol–water partition coefficient (Wildman–Crippen LogP) is 2.70. The van der Waals surface area contributed by atoms with Crippen LogP contribution < -0.4 is 10.1 Å². The average Bonchev–Trinajstić information content (AvgIpc) is 2.49. The average molecular weight is 261 g/mol. The molecular weight excluding hydrogens is 238 g/mol. The first-order valence-corrected chi connectivity index (χ1v) is 7.39. The Balaban J connectivity index is 1.82. The van der Waals surface area contributed by atoms with E-state index < -0.39 is 0 Å². The molecule has 3 heteroatoms. The molecule has 2 aliphatic heterocycles. The van der Waals surface area contributed by atoms with Gasteiger partial charge in [0, 0.05) is 18.6 Å². The molecule has 2 unspecified atom stereocenters. The highest BCUT2D eigenvalue weighted by Gasteiger charge is 2.25. The van der Waals surface area contributed by atoms with E-state index in [2.05, 4.69) is 30.6 Å². The van der Waals surface area contributed by atoms with Crippen LogP contribution in [0.3, 0.4) is 0 Å². The molecule has 104 valence electrons. The van der Waals surface area contributed by atoms with Gasteiger partial charge in [0.1, 0.15) is 5.75 Å². The number of rotatable bonds is 3. The molecule has 1 fully saturated rings. The fraction of sp³-hybridized carbons (Fsp3) is 0.625. The van der Waals surface area contributed by atoms with Gasteiger partial charge in [0.2, 0.25) is 0 Å². The van der Waals surface area contributed by atoms with E-state index in [1.54, 1.807) is 0 Å². The predicted molar refractivity (Wildman–Crippen MR) is 75.6 cm³/mol. The minimum atomic E-state index is 0.396. The molecule has 1 saturated heterocycles. The van der Waals surface area contributed by atoms with E-state index >= 15 is 0 Å². The Kier molecular flexibility index (Phi) is 4.04. The Labute approximate surface area is 115 Å². The van der Waals surface area contributed by atoms with Gasteiger partial charge in [-0.3, -0.25) is 0 Å². The number of hydrogen-bond donors (Lipinski definition) is 1. The van der Waals surface area contributed by atoms with Crippen LogP contribution in [-0.2, 0) is 11.2 Å². The summed E-state index contributed by atoms with van der Waals surface area (Å²) >= 11 is 0. The summed E-state index contributed by atoms with van der Waals surface area (Å²) in [5.41, 5.74) is 2.74. The molecule has 0 amide bonds. The summed E-state index contributed by atoms with van der Waals surface area (Å²) in [5.74, 6) is 1.66. The summed E-state index contributed by atoms with van der Waals surface area (Å²) in [4.78, 5) is 0. The Morgan fingerprint density at radius 1 is 1.26 bits per heavy atom. The van der Waals surface area contributed by atoms with Crippen LogP contribution >= 0.6 is 0 Å². The third-order valence-corrected chi connectivity index (χ3v) is 4.27. The first-order chi connectivity index (χ1) is 9.38. The molecule has 1 aromatic rings. The maximum absolute atomic E-state index is 5.69. The first-order valence-electron chi connectivity index (χ1n) is 7.39. The molecule has 0 spiro atoms. The highest BCUT2D eigenvalue weighted by Crippen LogP contribution is 2.33. The topological polar surface area (TPSA) is 30.5 Å². The van der Waals surface area contributed by atoms with Gasteiger partial charge in [-0.05, 0) is 49.9 Å². The molecule has 0 saturated carbocycles. The van der Waals surface area contributed by atoms with E-state index in [0.29, 0.717) is 12.0 Å². The molecular formula is C16H23NO2. The SMILES string of the molecule is CNC(c1ccc2c(c1)CCCO2)C1CCCOC1. The summed E-state index contributed by atoms with van der Waals surface area (Å²) in [6, 6.07) is 7.06. The van der Waals surface area contributed by atoms with Gasteiger partial charge in [0.05, 0.1) is 13.2 Å².